The van der Waals surface area contributed by atoms with E-state index in [0.717, 1.165) is 9.40 Å². The van der Waals surface area contributed by atoms with Gasteiger partial charge in [-0.05, 0) is 103 Å². The number of methoxy groups -OCH3 is 1. The number of amides is 4. The monoisotopic (exact) mass is 964 g/mol. The fourth-order valence-electron chi connectivity index (χ4n) is 6.07. The van der Waals surface area contributed by atoms with Crippen LogP contribution < -0.4 is 30.7 Å². The van der Waals surface area contributed by atoms with Crippen molar-refractivity contribution in [3.8, 4) is 0 Å². The van der Waals surface area contributed by atoms with Crippen molar-refractivity contribution in [2.24, 2.45) is 0 Å². The number of ether oxygens (including phenoxy) is 1. The summed E-state index contributed by atoms with van der Waals surface area (Å²) in [6, 6.07) is 35.9. The molecular formula is C44H36N8O10S4. The predicted octanol–water partition coefficient (Wildman–Crippen LogP) is 9.28. The van der Waals surface area contributed by atoms with Gasteiger partial charge >= 0.3 is 24.0 Å². The van der Waals surface area contributed by atoms with Crippen LogP contribution in [0.3, 0.4) is 0 Å². The number of carbonyl (C=O) groups is 4. The van der Waals surface area contributed by atoms with E-state index in [1.807, 2.05) is 0 Å². The van der Waals surface area contributed by atoms with Crippen molar-refractivity contribution in [3.63, 3.8) is 0 Å². The van der Waals surface area contributed by atoms with E-state index < -0.39 is 44.0 Å². The van der Waals surface area contributed by atoms with Crippen LogP contribution in [0.15, 0.2) is 149 Å². The number of benzene rings is 6. The quantitative estimate of drug-likeness (QED) is 0.0565. The highest BCUT2D eigenvalue weighted by molar-refractivity contribution is 7.93. The Morgan fingerprint density at radius 3 is 1.52 bits per heavy atom. The number of nitrogens with zero attached hydrogens (tertiary/aromatic N) is 2. The van der Waals surface area contributed by atoms with Gasteiger partial charge in [0, 0.05) is 22.7 Å². The smallest absolute Gasteiger partial charge is 0.337 e. The zero-order chi connectivity index (χ0) is 47.0. The maximum Gasteiger partial charge on any atom is 0.337 e. The van der Waals surface area contributed by atoms with Gasteiger partial charge in [0.05, 0.1) is 48.5 Å². The van der Waals surface area contributed by atoms with E-state index >= 15 is 0 Å². The molecule has 0 bridgehead atoms. The number of nitrogens with one attached hydrogen (secondary N) is 6. The maximum absolute atomic E-state index is 12.5. The van der Waals surface area contributed by atoms with Gasteiger partial charge in [0.15, 0.2) is 10.3 Å². The van der Waals surface area contributed by atoms with Crippen LogP contribution >= 0.6 is 22.7 Å². The number of carboxylic acid groups (broad SMARTS) is 1. The van der Waals surface area contributed by atoms with Gasteiger partial charge in [0.2, 0.25) is 0 Å². The third kappa shape index (κ3) is 11.4. The van der Waals surface area contributed by atoms with Crippen LogP contribution in [0.1, 0.15) is 26.3 Å². The molecule has 0 saturated carbocycles. The summed E-state index contributed by atoms with van der Waals surface area (Å²) in [5.41, 5.74) is 3.57. The zero-order valence-corrected chi connectivity index (χ0v) is 37.7. The third-order valence-electron chi connectivity index (χ3n) is 9.20. The molecule has 0 aliphatic rings. The lowest BCUT2D eigenvalue weighted by Gasteiger charge is -2.11. The highest BCUT2D eigenvalue weighted by atomic mass is 32.2. The molecule has 8 rings (SSSR count). The molecule has 18 nitrogen and oxygen atoms in total. The third-order valence-corrected chi connectivity index (χ3v) is 14.1. The number of sulfonamides is 2. The first-order valence-electron chi connectivity index (χ1n) is 19.2. The zero-order valence-electron chi connectivity index (χ0n) is 34.4. The molecule has 8 aromatic rings. The summed E-state index contributed by atoms with van der Waals surface area (Å²) in [6.07, 6.45) is 0. The van der Waals surface area contributed by atoms with Gasteiger partial charge in [-0.15, -0.1) is 0 Å². The maximum atomic E-state index is 12.5. The summed E-state index contributed by atoms with van der Waals surface area (Å²) >= 11 is 2.35. The van der Waals surface area contributed by atoms with Gasteiger partial charge in [0.25, 0.3) is 20.0 Å². The number of esters is 1. The molecule has 6 aromatic carbocycles. The second-order valence-electron chi connectivity index (χ2n) is 13.8. The molecule has 2 aromatic heterocycles. The van der Waals surface area contributed by atoms with Gasteiger partial charge in [-0.3, -0.25) is 9.44 Å². The van der Waals surface area contributed by atoms with Gasteiger partial charge < -0.3 is 31.1 Å². The van der Waals surface area contributed by atoms with Crippen LogP contribution in [0, 0.1) is 6.92 Å². The Kier molecular flexibility index (Phi) is 13.9. The molecule has 0 spiro atoms. The molecule has 4 amide bonds. The van der Waals surface area contributed by atoms with Gasteiger partial charge in [-0.1, -0.05) is 71.2 Å². The first kappa shape index (κ1) is 46.1. The van der Waals surface area contributed by atoms with Gasteiger partial charge in [0.1, 0.15) is 0 Å². The number of urea groups is 2. The van der Waals surface area contributed by atoms with Crippen molar-refractivity contribution in [2.75, 3.05) is 37.8 Å². The lowest BCUT2D eigenvalue weighted by atomic mass is 10.1. The van der Waals surface area contributed by atoms with E-state index in [2.05, 4.69) is 45.4 Å². The predicted molar refractivity (Wildman–Crippen MR) is 255 cm³/mol. The number of carbonyl (C=O) groups excluding carboxylic acids is 3. The molecule has 0 atom stereocenters. The second kappa shape index (κ2) is 19.9. The van der Waals surface area contributed by atoms with Crippen molar-refractivity contribution in [1.29, 1.82) is 0 Å². The number of rotatable bonds is 12. The van der Waals surface area contributed by atoms with E-state index in [4.69, 9.17) is 0 Å². The molecule has 0 aliphatic heterocycles. The standard InChI is InChI=1S/2C22H18N4O5S2/c1-31-20(27)14-6-5-7-15(12-14)23-21(28)24-16-10-11-19-18(13-16)25-22(32-19)26-33(29,30)17-8-3-2-4-9-17;1-13-16(20(27)28)8-5-9-17(13)24-21(29)23-14-10-11-19-18(12-14)25-22(32-19)26-33(30,31)15-6-3-2-4-7-15/h2-13H,1H3,(H,25,26)(H2,23,24,28);2-12H,1H3,(H,25,26)(H,27,28)(H2,23,24,29). The van der Waals surface area contributed by atoms with Gasteiger partial charge in [-0.2, -0.15) is 0 Å². The summed E-state index contributed by atoms with van der Waals surface area (Å²) in [5, 5.41) is 20.3. The van der Waals surface area contributed by atoms with Crippen molar-refractivity contribution in [3.05, 3.63) is 156 Å². The number of carboxylic acids is 1. The number of hydrogen-bond donors (Lipinski definition) is 7. The molecule has 7 N–H and O–H groups in total. The Morgan fingerprint density at radius 2 is 1.03 bits per heavy atom. The molecule has 0 aliphatic carbocycles. The fraction of sp³-hybridized carbons (Fsp3) is 0.0455. The van der Waals surface area contributed by atoms with Crippen molar-refractivity contribution >= 4 is 120 Å². The molecule has 66 heavy (non-hydrogen) atoms. The minimum atomic E-state index is -3.76. The van der Waals surface area contributed by atoms with E-state index in [1.54, 1.807) is 110 Å². The Balaban J connectivity index is 0.000000196. The molecule has 0 unspecified atom stereocenters. The van der Waals surface area contributed by atoms with Crippen molar-refractivity contribution in [2.45, 2.75) is 16.7 Å². The minimum absolute atomic E-state index is 0.0992. The van der Waals surface area contributed by atoms with Crippen LogP contribution in [-0.4, -0.2) is 63.0 Å². The van der Waals surface area contributed by atoms with E-state index in [9.17, 15) is 41.1 Å². The van der Waals surface area contributed by atoms with Gasteiger partial charge in [-0.25, -0.2) is 46.0 Å². The lowest BCUT2D eigenvalue weighted by molar-refractivity contribution is 0.0599. The normalized spacial score (nSPS) is 11.1. The topological polar surface area (TPSA) is 264 Å². The van der Waals surface area contributed by atoms with Crippen LogP contribution in [0.2, 0.25) is 0 Å². The average molecular weight is 965 g/mol. The van der Waals surface area contributed by atoms with Crippen LogP contribution in [0.25, 0.3) is 20.4 Å². The number of thiazole rings is 2. The summed E-state index contributed by atoms with van der Waals surface area (Å²) in [4.78, 5) is 56.6. The van der Waals surface area contributed by atoms with Crippen LogP contribution in [0.5, 0.6) is 0 Å². The molecule has 22 heteroatoms. The highest BCUT2D eigenvalue weighted by Gasteiger charge is 2.19. The second-order valence-corrected chi connectivity index (χ2v) is 19.2. The Morgan fingerprint density at radius 1 is 0.561 bits per heavy atom. The summed E-state index contributed by atoms with van der Waals surface area (Å²) in [6.45, 7) is 1.61. The lowest BCUT2D eigenvalue weighted by Crippen LogP contribution is -2.20. The molecule has 0 saturated heterocycles. The van der Waals surface area contributed by atoms with E-state index in [0.29, 0.717) is 44.9 Å². The summed E-state index contributed by atoms with van der Waals surface area (Å²) < 4.78 is 61.1. The number of anilines is 6. The first-order valence-corrected chi connectivity index (χ1v) is 23.8. The average Bonchev–Trinajstić information content (AvgIpc) is 3.89. The molecule has 2 heterocycles. The van der Waals surface area contributed by atoms with Crippen molar-refractivity contribution in [1.82, 2.24) is 9.97 Å². The number of fused-ring (bicyclic) bond motifs is 2. The molecule has 336 valence electrons. The minimum Gasteiger partial charge on any atom is -0.478 e. The first-order chi connectivity index (χ1) is 31.6. The summed E-state index contributed by atoms with van der Waals surface area (Å²) in [7, 11) is -6.23. The highest BCUT2D eigenvalue weighted by Crippen LogP contribution is 2.31. The number of hydrogen-bond acceptors (Lipinski definition) is 13. The SMILES string of the molecule is COC(=O)c1cccc(NC(=O)Nc2ccc3sc(NS(=O)(=O)c4ccccc4)nc3c2)c1.Cc1c(NC(=O)Nc2ccc3sc(NS(=O)(=O)c4ccccc4)nc3c2)cccc1C(=O)O. The molecule has 0 fully saturated rings. The van der Waals surface area contributed by atoms with Crippen LogP contribution in [-0.2, 0) is 24.8 Å². The molecular weight excluding hydrogens is 929 g/mol. The largest absolute Gasteiger partial charge is 0.478 e. The Labute approximate surface area is 384 Å². The Hall–Kier alpha value is -7.92. The fourth-order valence-corrected chi connectivity index (χ4v) is 10.3. The Bertz CT molecular complexity index is 3350. The van der Waals surface area contributed by atoms with Crippen LogP contribution in [0.4, 0.5) is 42.6 Å². The summed E-state index contributed by atoms with van der Waals surface area (Å²) in [5.74, 6) is -1.59. The molecule has 0 radical (unpaired) electrons. The van der Waals surface area contributed by atoms with Crippen molar-refractivity contribution < 1.29 is 45.9 Å². The number of aromatic carboxylic acids is 1. The van der Waals surface area contributed by atoms with E-state index in [1.165, 1.54) is 66.2 Å². The number of aromatic nitrogens is 2. The van der Waals surface area contributed by atoms with E-state index in [-0.39, 0.29) is 25.6 Å².